The number of amides is 5. The molecule has 1 fully saturated rings. The van der Waals surface area contributed by atoms with Crippen LogP contribution >= 0.6 is 11.6 Å². The molecule has 1 aliphatic rings. The number of rotatable bonds is 7. The number of anilines is 2. The zero-order valence-corrected chi connectivity index (χ0v) is 21.6. The number of hydrogen-bond donors (Lipinski definition) is 2. The van der Waals surface area contributed by atoms with Gasteiger partial charge in [0.1, 0.15) is 5.57 Å². The Balaban J connectivity index is 1.56. The first-order valence-electron chi connectivity index (χ1n) is 11.5. The first-order chi connectivity index (χ1) is 18.2. The number of benzene rings is 3. The summed E-state index contributed by atoms with van der Waals surface area (Å²) in [7, 11) is 1.39. The highest BCUT2D eigenvalue weighted by Crippen LogP contribution is 2.37. The predicted molar refractivity (Wildman–Crippen MR) is 143 cm³/mol. The maximum absolute atomic E-state index is 13.2. The number of carbonyl (C=O) groups excluding carboxylic acids is 4. The van der Waals surface area contributed by atoms with Crippen LogP contribution in [0.15, 0.2) is 66.2 Å². The van der Waals surface area contributed by atoms with Gasteiger partial charge in [-0.25, -0.2) is 9.69 Å². The van der Waals surface area contributed by atoms with E-state index in [1.165, 1.54) is 25.3 Å². The van der Waals surface area contributed by atoms with Crippen LogP contribution in [0.5, 0.6) is 11.5 Å². The Hall–Kier alpha value is -4.63. The van der Waals surface area contributed by atoms with Crippen LogP contribution in [0.2, 0.25) is 5.02 Å². The number of hydrogen-bond acceptors (Lipinski definition) is 6. The summed E-state index contributed by atoms with van der Waals surface area (Å²) >= 11 is 6.42. The number of nitrogens with zero attached hydrogens (tertiary/aromatic N) is 1. The molecule has 1 heterocycles. The maximum atomic E-state index is 13.2. The van der Waals surface area contributed by atoms with Crippen LogP contribution in [-0.4, -0.2) is 37.5 Å². The van der Waals surface area contributed by atoms with Crippen LogP contribution in [-0.2, 0) is 14.4 Å². The molecule has 1 aliphatic heterocycles. The van der Waals surface area contributed by atoms with Crippen molar-refractivity contribution in [3.05, 3.63) is 87.9 Å². The van der Waals surface area contributed by atoms with E-state index in [1.807, 2.05) is 19.1 Å². The molecule has 0 spiro atoms. The summed E-state index contributed by atoms with van der Waals surface area (Å²) in [5.74, 6) is -1.72. The Morgan fingerprint density at radius 1 is 1.05 bits per heavy atom. The van der Waals surface area contributed by atoms with Crippen molar-refractivity contribution in [2.75, 3.05) is 23.9 Å². The van der Waals surface area contributed by atoms with Gasteiger partial charge in [-0.2, -0.15) is 0 Å². The fourth-order valence-electron chi connectivity index (χ4n) is 3.79. The number of urea groups is 1. The van der Waals surface area contributed by atoms with Crippen molar-refractivity contribution in [3.63, 3.8) is 0 Å². The zero-order valence-electron chi connectivity index (χ0n) is 20.8. The van der Waals surface area contributed by atoms with Gasteiger partial charge in [-0.05, 0) is 61.4 Å². The van der Waals surface area contributed by atoms with Gasteiger partial charge in [0.2, 0.25) is 0 Å². The Bertz CT molecular complexity index is 1470. The number of carbonyl (C=O) groups is 4. The average molecular weight is 534 g/mol. The molecule has 194 valence electrons. The second-order valence-corrected chi connectivity index (χ2v) is 8.89. The van der Waals surface area contributed by atoms with E-state index in [-0.39, 0.29) is 28.7 Å². The number of nitrogens with one attached hydrogen (secondary N) is 2. The van der Waals surface area contributed by atoms with Gasteiger partial charge < -0.3 is 14.8 Å². The van der Waals surface area contributed by atoms with E-state index in [9.17, 15) is 19.2 Å². The van der Waals surface area contributed by atoms with Gasteiger partial charge in [-0.3, -0.25) is 19.7 Å². The molecule has 3 aromatic carbocycles. The number of barbiturate groups is 1. The lowest BCUT2D eigenvalue weighted by molar-refractivity contribution is -0.122. The van der Waals surface area contributed by atoms with Crippen LogP contribution < -0.4 is 25.0 Å². The molecular formula is C28H24ClN3O6. The second kappa shape index (κ2) is 11.2. The molecule has 9 nitrogen and oxygen atoms in total. The zero-order chi connectivity index (χ0) is 27.4. The molecule has 0 radical (unpaired) electrons. The minimum Gasteiger partial charge on any atom is -0.493 e. The normalized spacial score (nSPS) is 14.4. The smallest absolute Gasteiger partial charge is 0.335 e. The fraction of sp³-hybridized carbons (Fsp3) is 0.143. The van der Waals surface area contributed by atoms with Crippen molar-refractivity contribution in [3.8, 4) is 11.5 Å². The van der Waals surface area contributed by atoms with Gasteiger partial charge in [0.15, 0.2) is 18.1 Å². The van der Waals surface area contributed by atoms with Crippen LogP contribution in [0.4, 0.5) is 16.2 Å². The van der Waals surface area contributed by atoms with E-state index in [2.05, 4.69) is 10.6 Å². The fourth-order valence-corrected chi connectivity index (χ4v) is 4.07. The summed E-state index contributed by atoms with van der Waals surface area (Å²) < 4.78 is 11.0. The molecule has 0 aromatic heterocycles. The van der Waals surface area contributed by atoms with Crippen LogP contribution in [0, 0.1) is 13.8 Å². The molecule has 1 saturated heterocycles. The third kappa shape index (κ3) is 5.68. The Morgan fingerprint density at radius 3 is 2.45 bits per heavy atom. The minimum absolute atomic E-state index is 0.0924. The van der Waals surface area contributed by atoms with Crippen molar-refractivity contribution >= 4 is 52.8 Å². The Morgan fingerprint density at radius 2 is 1.76 bits per heavy atom. The largest absolute Gasteiger partial charge is 0.493 e. The summed E-state index contributed by atoms with van der Waals surface area (Å²) in [6.07, 6.45) is 1.30. The monoisotopic (exact) mass is 533 g/mol. The lowest BCUT2D eigenvalue weighted by atomic mass is 10.1. The van der Waals surface area contributed by atoms with Gasteiger partial charge >= 0.3 is 6.03 Å². The number of imide groups is 2. The maximum Gasteiger partial charge on any atom is 0.335 e. The topological polar surface area (TPSA) is 114 Å². The summed E-state index contributed by atoms with van der Waals surface area (Å²) in [6.45, 7) is 3.36. The number of para-hydroxylation sites is 1. The molecule has 10 heteroatoms. The highest BCUT2D eigenvalue weighted by atomic mass is 35.5. The van der Waals surface area contributed by atoms with Gasteiger partial charge in [0, 0.05) is 5.69 Å². The first kappa shape index (κ1) is 26.4. The molecular weight excluding hydrogens is 510 g/mol. The molecule has 0 aliphatic carbocycles. The number of aryl methyl sites for hydroxylation is 2. The molecule has 0 atom stereocenters. The second-order valence-electron chi connectivity index (χ2n) is 8.48. The van der Waals surface area contributed by atoms with Crippen molar-refractivity contribution in [2.45, 2.75) is 13.8 Å². The molecule has 5 amide bonds. The average Bonchev–Trinajstić information content (AvgIpc) is 2.88. The summed E-state index contributed by atoms with van der Waals surface area (Å²) in [6, 6.07) is 16.2. The number of methoxy groups -OCH3 is 1. The minimum atomic E-state index is -0.840. The SMILES string of the molecule is COc1cc(/C=C2\C(=O)NC(=O)N(c3ccccc3C)C2=O)cc(Cl)c1OCC(=O)Nc1ccc(C)cc1. The van der Waals surface area contributed by atoms with Crippen molar-refractivity contribution in [2.24, 2.45) is 0 Å². The number of halogens is 1. The summed E-state index contributed by atoms with van der Waals surface area (Å²) in [5.41, 5.74) is 2.81. The van der Waals surface area contributed by atoms with Crippen molar-refractivity contribution < 1.29 is 28.7 Å². The molecule has 4 rings (SSSR count). The van der Waals surface area contributed by atoms with Gasteiger partial charge in [0.25, 0.3) is 17.7 Å². The van der Waals surface area contributed by atoms with Gasteiger partial charge in [-0.15, -0.1) is 0 Å². The summed E-state index contributed by atoms with van der Waals surface area (Å²) in [5, 5.41) is 5.01. The van der Waals surface area contributed by atoms with Crippen LogP contribution in [0.3, 0.4) is 0 Å². The predicted octanol–water partition coefficient (Wildman–Crippen LogP) is 4.65. The van der Waals surface area contributed by atoms with Gasteiger partial charge in [-0.1, -0.05) is 47.5 Å². The lowest BCUT2D eigenvalue weighted by Gasteiger charge is -2.27. The molecule has 0 saturated carbocycles. The highest BCUT2D eigenvalue weighted by molar-refractivity contribution is 6.39. The lowest BCUT2D eigenvalue weighted by Crippen LogP contribution is -2.54. The quantitative estimate of drug-likeness (QED) is 0.337. The Kier molecular flexibility index (Phi) is 7.78. The van der Waals surface area contributed by atoms with Crippen LogP contribution in [0.1, 0.15) is 16.7 Å². The van der Waals surface area contributed by atoms with Crippen molar-refractivity contribution in [1.82, 2.24) is 5.32 Å². The van der Waals surface area contributed by atoms with E-state index in [1.54, 1.807) is 43.3 Å². The third-order valence-electron chi connectivity index (χ3n) is 5.70. The highest BCUT2D eigenvalue weighted by Gasteiger charge is 2.37. The van der Waals surface area contributed by atoms with E-state index in [0.717, 1.165) is 10.5 Å². The standard InChI is InChI=1S/C28H24ClN3O6/c1-16-8-10-19(11-9-16)30-24(33)15-38-25-21(29)13-18(14-23(25)37-3)12-20-26(34)31-28(36)32(27(20)35)22-7-5-4-6-17(22)2/h4-14H,15H2,1-3H3,(H,30,33)(H,31,34,36)/b20-12+. The Labute approximate surface area is 224 Å². The van der Waals surface area contributed by atoms with E-state index in [4.69, 9.17) is 21.1 Å². The molecule has 38 heavy (non-hydrogen) atoms. The van der Waals surface area contributed by atoms with Crippen LogP contribution in [0.25, 0.3) is 6.08 Å². The van der Waals surface area contributed by atoms with Gasteiger partial charge in [0.05, 0.1) is 17.8 Å². The molecule has 0 bridgehead atoms. The van der Waals surface area contributed by atoms with E-state index < -0.39 is 23.8 Å². The van der Waals surface area contributed by atoms with Crippen molar-refractivity contribution in [1.29, 1.82) is 0 Å². The summed E-state index contributed by atoms with van der Waals surface area (Å²) in [4.78, 5) is 51.5. The van der Waals surface area contributed by atoms with E-state index in [0.29, 0.717) is 22.5 Å². The molecule has 3 aromatic rings. The number of ether oxygens (including phenoxy) is 2. The first-order valence-corrected chi connectivity index (χ1v) is 11.9. The molecule has 0 unspecified atom stereocenters. The third-order valence-corrected chi connectivity index (χ3v) is 5.98. The van der Waals surface area contributed by atoms with E-state index >= 15 is 0 Å². The molecule has 2 N–H and O–H groups in total.